The zero-order valence-electron chi connectivity index (χ0n) is 11.1. The van der Waals surface area contributed by atoms with Crippen molar-refractivity contribution in [2.75, 3.05) is 33.9 Å². The van der Waals surface area contributed by atoms with E-state index >= 15 is 0 Å². The van der Waals surface area contributed by atoms with Gasteiger partial charge in [0.15, 0.2) is 0 Å². The molecule has 1 aromatic carbocycles. The molecule has 0 radical (unpaired) electrons. The van der Waals surface area contributed by atoms with Crippen LogP contribution in [0.2, 0.25) is 0 Å². The van der Waals surface area contributed by atoms with E-state index in [2.05, 4.69) is 10.6 Å². The maximum absolute atomic E-state index is 11.9. The molecule has 2 N–H and O–H groups in total. The molecule has 0 heterocycles. The largest absolute Gasteiger partial charge is 0.497 e. The molecule has 18 heavy (non-hydrogen) atoms. The Balaban J connectivity index is 2.66. The molecule has 0 saturated heterocycles. The average molecular weight is 252 g/mol. The number of carbonyl (C=O) groups is 1. The number of benzene rings is 1. The summed E-state index contributed by atoms with van der Waals surface area (Å²) < 4.78 is 10.2. The van der Waals surface area contributed by atoms with Gasteiger partial charge in [0.05, 0.1) is 14.2 Å². The van der Waals surface area contributed by atoms with Crippen LogP contribution >= 0.6 is 0 Å². The minimum atomic E-state index is -0.134. The van der Waals surface area contributed by atoms with Crippen LogP contribution in [-0.4, -0.2) is 39.8 Å². The number of ether oxygens (including phenoxy) is 2. The molecule has 0 aliphatic rings. The van der Waals surface area contributed by atoms with Gasteiger partial charge in [0.25, 0.3) is 5.91 Å². The van der Waals surface area contributed by atoms with Gasteiger partial charge in [-0.05, 0) is 18.7 Å². The first kappa shape index (κ1) is 14.3. The Bertz CT molecular complexity index is 372. The predicted octanol–water partition coefficient (Wildman–Crippen LogP) is 1.04. The van der Waals surface area contributed by atoms with Crippen LogP contribution in [0.1, 0.15) is 17.3 Å². The van der Waals surface area contributed by atoms with Gasteiger partial charge < -0.3 is 20.1 Å². The normalized spacial score (nSPS) is 9.94. The first-order valence-electron chi connectivity index (χ1n) is 5.93. The number of carbonyl (C=O) groups excluding carboxylic acids is 1. The fourth-order valence-corrected chi connectivity index (χ4v) is 1.48. The molecule has 0 aliphatic heterocycles. The third-order valence-corrected chi connectivity index (χ3v) is 2.45. The van der Waals surface area contributed by atoms with Crippen molar-refractivity contribution in [1.29, 1.82) is 0 Å². The van der Waals surface area contributed by atoms with Crippen molar-refractivity contribution in [2.24, 2.45) is 0 Å². The van der Waals surface area contributed by atoms with E-state index in [9.17, 15) is 4.79 Å². The molecule has 5 nitrogen and oxygen atoms in total. The minimum Gasteiger partial charge on any atom is -0.497 e. The van der Waals surface area contributed by atoms with Gasteiger partial charge in [-0.25, -0.2) is 0 Å². The molecule has 0 aliphatic carbocycles. The quantitative estimate of drug-likeness (QED) is 0.712. The van der Waals surface area contributed by atoms with Crippen LogP contribution in [0, 0.1) is 0 Å². The second-order valence-electron chi connectivity index (χ2n) is 3.71. The van der Waals surface area contributed by atoms with Crippen LogP contribution in [0.3, 0.4) is 0 Å². The summed E-state index contributed by atoms with van der Waals surface area (Å²) in [6.45, 7) is 4.26. The van der Waals surface area contributed by atoms with E-state index in [1.807, 2.05) is 6.92 Å². The summed E-state index contributed by atoms with van der Waals surface area (Å²) in [5, 5.41) is 5.96. The highest BCUT2D eigenvalue weighted by molar-refractivity contribution is 5.95. The van der Waals surface area contributed by atoms with E-state index < -0.39 is 0 Å². The molecular weight excluding hydrogens is 232 g/mol. The number of nitrogens with one attached hydrogen (secondary N) is 2. The summed E-state index contributed by atoms with van der Waals surface area (Å²) in [6, 6.07) is 5.10. The first-order valence-corrected chi connectivity index (χ1v) is 5.93. The van der Waals surface area contributed by atoms with Crippen LogP contribution in [0.5, 0.6) is 11.5 Å². The highest BCUT2D eigenvalue weighted by Crippen LogP contribution is 2.22. The Kier molecular flexibility index (Phi) is 6.00. The zero-order chi connectivity index (χ0) is 13.4. The number of hydrogen-bond donors (Lipinski definition) is 2. The molecule has 0 aromatic heterocycles. The van der Waals surface area contributed by atoms with Crippen molar-refractivity contribution in [2.45, 2.75) is 6.92 Å². The summed E-state index contributed by atoms with van der Waals surface area (Å²) >= 11 is 0. The van der Waals surface area contributed by atoms with Gasteiger partial charge in [-0.1, -0.05) is 6.92 Å². The van der Waals surface area contributed by atoms with E-state index in [1.54, 1.807) is 32.4 Å². The van der Waals surface area contributed by atoms with Gasteiger partial charge in [-0.3, -0.25) is 4.79 Å². The summed E-state index contributed by atoms with van der Waals surface area (Å²) in [6.07, 6.45) is 0. The van der Waals surface area contributed by atoms with E-state index in [1.165, 1.54) is 0 Å². The molecule has 0 saturated carbocycles. The molecule has 1 aromatic rings. The van der Waals surface area contributed by atoms with Gasteiger partial charge in [-0.15, -0.1) is 0 Å². The van der Waals surface area contributed by atoms with Crippen LogP contribution in [0.4, 0.5) is 0 Å². The summed E-state index contributed by atoms with van der Waals surface area (Å²) in [7, 11) is 3.11. The van der Waals surface area contributed by atoms with Crippen molar-refractivity contribution >= 4 is 5.91 Å². The number of likely N-dealkylation sites (N-methyl/N-ethyl adjacent to an activating group) is 1. The fourth-order valence-electron chi connectivity index (χ4n) is 1.48. The Hall–Kier alpha value is -1.75. The molecule has 0 fully saturated rings. The van der Waals surface area contributed by atoms with Gasteiger partial charge >= 0.3 is 0 Å². The lowest BCUT2D eigenvalue weighted by atomic mass is 10.2. The lowest BCUT2D eigenvalue weighted by Crippen LogP contribution is -2.31. The Labute approximate surface area is 107 Å². The van der Waals surface area contributed by atoms with Gasteiger partial charge in [0, 0.05) is 24.7 Å². The van der Waals surface area contributed by atoms with Crippen molar-refractivity contribution in [1.82, 2.24) is 10.6 Å². The van der Waals surface area contributed by atoms with E-state index in [0.29, 0.717) is 23.6 Å². The first-order chi connectivity index (χ1) is 8.71. The van der Waals surface area contributed by atoms with Crippen LogP contribution in [0.15, 0.2) is 18.2 Å². The van der Waals surface area contributed by atoms with E-state index in [-0.39, 0.29) is 5.91 Å². The third-order valence-electron chi connectivity index (χ3n) is 2.45. The molecule has 0 bridgehead atoms. The number of rotatable bonds is 7. The highest BCUT2D eigenvalue weighted by Gasteiger charge is 2.08. The van der Waals surface area contributed by atoms with Crippen LogP contribution < -0.4 is 20.1 Å². The van der Waals surface area contributed by atoms with Crippen LogP contribution in [-0.2, 0) is 0 Å². The fraction of sp³-hybridized carbons (Fsp3) is 0.462. The van der Waals surface area contributed by atoms with Crippen molar-refractivity contribution in [3.05, 3.63) is 23.8 Å². The lowest BCUT2D eigenvalue weighted by molar-refractivity contribution is 0.0953. The summed E-state index contributed by atoms with van der Waals surface area (Å²) in [4.78, 5) is 11.9. The molecule has 100 valence electrons. The zero-order valence-corrected chi connectivity index (χ0v) is 11.1. The van der Waals surface area contributed by atoms with Crippen molar-refractivity contribution in [3.8, 4) is 11.5 Å². The summed E-state index contributed by atoms with van der Waals surface area (Å²) in [5.41, 5.74) is 0.530. The summed E-state index contributed by atoms with van der Waals surface area (Å²) in [5.74, 6) is 1.07. The number of amides is 1. The smallest absolute Gasteiger partial charge is 0.251 e. The molecule has 1 amide bonds. The third kappa shape index (κ3) is 4.25. The standard InChI is InChI=1S/C13H20N2O3/c1-4-14-5-6-15-13(16)10-7-11(17-2)9-12(8-10)18-3/h7-9,14H,4-6H2,1-3H3,(H,15,16). The lowest BCUT2D eigenvalue weighted by Gasteiger charge is -2.09. The molecule has 1 rings (SSSR count). The van der Waals surface area contributed by atoms with Gasteiger partial charge in [0.2, 0.25) is 0 Å². The average Bonchev–Trinajstić information content (AvgIpc) is 2.42. The maximum Gasteiger partial charge on any atom is 0.251 e. The number of methoxy groups -OCH3 is 2. The highest BCUT2D eigenvalue weighted by atomic mass is 16.5. The van der Waals surface area contributed by atoms with Crippen molar-refractivity contribution in [3.63, 3.8) is 0 Å². The van der Waals surface area contributed by atoms with Gasteiger partial charge in [-0.2, -0.15) is 0 Å². The Morgan fingerprint density at radius 1 is 1.11 bits per heavy atom. The van der Waals surface area contributed by atoms with E-state index in [4.69, 9.17) is 9.47 Å². The Morgan fingerprint density at radius 3 is 2.22 bits per heavy atom. The molecule has 5 heteroatoms. The van der Waals surface area contributed by atoms with Gasteiger partial charge in [0.1, 0.15) is 11.5 Å². The van der Waals surface area contributed by atoms with Crippen molar-refractivity contribution < 1.29 is 14.3 Å². The molecular formula is C13H20N2O3. The topological polar surface area (TPSA) is 59.6 Å². The molecule has 0 spiro atoms. The SMILES string of the molecule is CCNCCNC(=O)c1cc(OC)cc(OC)c1. The molecule has 0 unspecified atom stereocenters. The van der Waals surface area contributed by atoms with E-state index in [0.717, 1.165) is 13.1 Å². The second kappa shape index (κ2) is 7.55. The van der Waals surface area contributed by atoms with Crippen LogP contribution in [0.25, 0.3) is 0 Å². The number of hydrogen-bond acceptors (Lipinski definition) is 4. The predicted molar refractivity (Wildman–Crippen MR) is 70.4 cm³/mol. The second-order valence-corrected chi connectivity index (χ2v) is 3.71. The minimum absolute atomic E-state index is 0.134. The molecule has 0 atom stereocenters. The maximum atomic E-state index is 11.9. The Morgan fingerprint density at radius 2 is 1.72 bits per heavy atom. The monoisotopic (exact) mass is 252 g/mol.